The molecule has 26 heavy (non-hydrogen) atoms. The van der Waals surface area contributed by atoms with E-state index in [0.29, 0.717) is 28.5 Å². The first-order valence-corrected chi connectivity index (χ1v) is 7.90. The number of ether oxygens (including phenoxy) is 3. The van der Waals surface area contributed by atoms with Gasteiger partial charge in [0.2, 0.25) is 5.75 Å². The summed E-state index contributed by atoms with van der Waals surface area (Å²) in [6, 6.07) is 13.7. The van der Waals surface area contributed by atoms with Gasteiger partial charge in [0.05, 0.1) is 21.3 Å². The van der Waals surface area contributed by atoms with Crippen LogP contribution < -0.4 is 19.5 Å². The highest BCUT2D eigenvalue weighted by molar-refractivity contribution is 6.09. The summed E-state index contributed by atoms with van der Waals surface area (Å²) in [4.78, 5) is 12.8. The fourth-order valence-corrected chi connectivity index (χ4v) is 2.78. The summed E-state index contributed by atoms with van der Waals surface area (Å²) < 4.78 is 15.8. The summed E-state index contributed by atoms with van der Waals surface area (Å²) >= 11 is 0. The summed E-state index contributed by atoms with van der Waals surface area (Å²) in [6.45, 7) is 0. The Morgan fingerprint density at radius 2 is 1.62 bits per heavy atom. The highest BCUT2D eigenvalue weighted by Crippen LogP contribution is 2.38. The Morgan fingerprint density at radius 3 is 2.23 bits per heavy atom. The first kappa shape index (κ1) is 17.4. The fourth-order valence-electron chi connectivity index (χ4n) is 2.78. The molecule has 0 heterocycles. The molecule has 0 saturated heterocycles. The van der Waals surface area contributed by atoms with E-state index in [-0.39, 0.29) is 11.7 Å². The third kappa shape index (κ3) is 3.21. The van der Waals surface area contributed by atoms with E-state index >= 15 is 0 Å². The molecule has 1 amide bonds. The summed E-state index contributed by atoms with van der Waals surface area (Å²) in [5, 5.41) is 14.3. The SMILES string of the molecule is COc1cc(C(=O)Nc2cccc3ccc(O)cc23)cc(OC)c1OC. The van der Waals surface area contributed by atoms with Gasteiger partial charge in [-0.05, 0) is 35.7 Å². The molecule has 0 radical (unpaired) electrons. The van der Waals surface area contributed by atoms with Crippen molar-refractivity contribution in [1.29, 1.82) is 0 Å². The van der Waals surface area contributed by atoms with Gasteiger partial charge in [-0.3, -0.25) is 4.79 Å². The van der Waals surface area contributed by atoms with E-state index in [4.69, 9.17) is 14.2 Å². The smallest absolute Gasteiger partial charge is 0.255 e. The lowest BCUT2D eigenvalue weighted by Crippen LogP contribution is -2.13. The molecule has 0 aromatic heterocycles. The average Bonchev–Trinajstić information content (AvgIpc) is 2.67. The number of phenolic OH excluding ortho intramolecular Hbond substituents is 1. The van der Waals surface area contributed by atoms with Gasteiger partial charge in [0.15, 0.2) is 11.5 Å². The molecule has 0 aliphatic rings. The van der Waals surface area contributed by atoms with Crippen molar-refractivity contribution in [3.63, 3.8) is 0 Å². The molecule has 3 aromatic carbocycles. The maximum atomic E-state index is 12.8. The van der Waals surface area contributed by atoms with Crippen molar-refractivity contribution in [2.24, 2.45) is 0 Å². The molecule has 134 valence electrons. The number of methoxy groups -OCH3 is 3. The summed E-state index contributed by atoms with van der Waals surface area (Å²) in [5.74, 6) is 1.01. The second-order valence-electron chi connectivity index (χ2n) is 5.58. The van der Waals surface area contributed by atoms with Crippen molar-refractivity contribution in [1.82, 2.24) is 0 Å². The number of carbonyl (C=O) groups excluding carboxylic acids is 1. The number of hydrogen-bond acceptors (Lipinski definition) is 5. The van der Waals surface area contributed by atoms with Gasteiger partial charge in [0, 0.05) is 16.6 Å². The van der Waals surface area contributed by atoms with Crippen LogP contribution in [-0.2, 0) is 0 Å². The molecule has 6 heteroatoms. The highest BCUT2D eigenvalue weighted by atomic mass is 16.5. The average molecular weight is 353 g/mol. The topological polar surface area (TPSA) is 77.0 Å². The van der Waals surface area contributed by atoms with Crippen LogP contribution in [0.4, 0.5) is 5.69 Å². The Morgan fingerprint density at radius 1 is 0.923 bits per heavy atom. The predicted octanol–water partition coefficient (Wildman–Crippen LogP) is 3.82. The van der Waals surface area contributed by atoms with Crippen LogP contribution in [-0.4, -0.2) is 32.3 Å². The highest BCUT2D eigenvalue weighted by Gasteiger charge is 2.17. The second kappa shape index (κ2) is 7.23. The number of anilines is 1. The van der Waals surface area contributed by atoms with Crippen LogP contribution in [0.25, 0.3) is 10.8 Å². The molecule has 0 fully saturated rings. The standard InChI is InChI=1S/C20H19NO5/c1-24-17-9-13(10-18(25-2)19(17)26-3)20(23)21-16-6-4-5-12-7-8-14(22)11-15(12)16/h4-11,22H,1-3H3,(H,21,23). The molecule has 2 N–H and O–H groups in total. The molecule has 0 saturated carbocycles. The summed E-state index contributed by atoms with van der Waals surface area (Å²) in [5.41, 5.74) is 0.953. The van der Waals surface area contributed by atoms with Gasteiger partial charge >= 0.3 is 0 Å². The van der Waals surface area contributed by atoms with Crippen LogP contribution in [0.2, 0.25) is 0 Å². The van der Waals surface area contributed by atoms with E-state index in [1.807, 2.05) is 12.1 Å². The van der Waals surface area contributed by atoms with Crippen LogP contribution in [0.3, 0.4) is 0 Å². The van der Waals surface area contributed by atoms with Crippen molar-refractivity contribution < 1.29 is 24.1 Å². The Hall–Kier alpha value is -3.41. The number of hydrogen-bond donors (Lipinski definition) is 2. The zero-order valence-electron chi connectivity index (χ0n) is 14.7. The van der Waals surface area contributed by atoms with Crippen molar-refractivity contribution in [2.45, 2.75) is 0 Å². The molecule has 0 spiro atoms. The molecule has 0 bridgehead atoms. The van der Waals surface area contributed by atoms with E-state index in [2.05, 4.69) is 5.32 Å². The second-order valence-corrected chi connectivity index (χ2v) is 5.58. The molecular weight excluding hydrogens is 334 g/mol. The number of rotatable bonds is 5. The fraction of sp³-hybridized carbons (Fsp3) is 0.150. The first-order chi connectivity index (χ1) is 12.6. The molecule has 3 rings (SSSR count). The zero-order chi connectivity index (χ0) is 18.7. The number of amides is 1. The minimum atomic E-state index is -0.333. The van der Waals surface area contributed by atoms with Crippen LogP contribution in [0.1, 0.15) is 10.4 Å². The molecule has 0 aliphatic heterocycles. The number of benzene rings is 3. The Kier molecular flexibility index (Phi) is 4.84. The van der Waals surface area contributed by atoms with Crippen LogP contribution in [0.5, 0.6) is 23.0 Å². The maximum Gasteiger partial charge on any atom is 0.255 e. The molecule has 0 aliphatic carbocycles. The van der Waals surface area contributed by atoms with Gasteiger partial charge in [-0.15, -0.1) is 0 Å². The lowest BCUT2D eigenvalue weighted by Gasteiger charge is -2.14. The van der Waals surface area contributed by atoms with Gasteiger partial charge in [0.25, 0.3) is 5.91 Å². The van der Waals surface area contributed by atoms with Gasteiger partial charge in [-0.2, -0.15) is 0 Å². The third-order valence-electron chi connectivity index (χ3n) is 4.04. The number of carbonyl (C=O) groups is 1. The van der Waals surface area contributed by atoms with Gasteiger partial charge < -0.3 is 24.6 Å². The van der Waals surface area contributed by atoms with Crippen molar-refractivity contribution in [3.05, 3.63) is 54.1 Å². The molecule has 6 nitrogen and oxygen atoms in total. The van der Waals surface area contributed by atoms with Gasteiger partial charge in [-0.1, -0.05) is 18.2 Å². The van der Waals surface area contributed by atoms with E-state index in [1.165, 1.54) is 21.3 Å². The van der Waals surface area contributed by atoms with Gasteiger partial charge in [0.1, 0.15) is 5.75 Å². The van der Waals surface area contributed by atoms with Crippen molar-refractivity contribution >= 4 is 22.4 Å². The largest absolute Gasteiger partial charge is 0.508 e. The molecule has 0 atom stereocenters. The van der Waals surface area contributed by atoms with Gasteiger partial charge in [-0.25, -0.2) is 0 Å². The minimum absolute atomic E-state index is 0.131. The van der Waals surface area contributed by atoms with Crippen LogP contribution >= 0.6 is 0 Å². The molecule has 0 unspecified atom stereocenters. The quantitative estimate of drug-likeness (QED) is 0.729. The number of aromatic hydroxyl groups is 1. The molecule has 3 aromatic rings. The number of fused-ring (bicyclic) bond motifs is 1. The Labute approximate surface area is 150 Å². The monoisotopic (exact) mass is 353 g/mol. The summed E-state index contributed by atoms with van der Waals surface area (Å²) in [7, 11) is 4.49. The normalized spacial score (nSPS) is 10.4. The van der Waals surface area contributed by atoms with E-state index < -0.39 is 0 Å². The van der Waals surface area contributed by atoms with E-state index in [9.17, 15) is 9.90 Å². The first-order valence-electron chi connectivity index (χ1n) is 7.90. The van der Waals surface area contributed by atoms with E-state index in [1.54, 1.807) is 36.4 Å². The zero-order valence-corrected chi connectivity index (χ0v) is 14.7. The maximum absolute atomic E-state index is 12.8. The molecular formula is C20H19NO5. The Balaban J connectivity index is 2.00. The lowest BCUT2D eigenvalue weighted by molar-refractivity contribution is 0.102. The Bertz CT molecular complexity index is 943. The third-order valence-corrected chi connectivity index (χ3v) is 4.04. The predicted molar refractivity (Wildman–Crippen MR) is 99.7 cm³/mol. The van der Waals surface area contributed by atoms with Crippen LogP contribution in [0, 0.1) is 0 Å². The number of phenols is 1. The summed E-state index contributed by atoms with van der Waals surface area (Å²) in [6.07, 6.45) is 0. The number of nitrogens with one attached hydrogen (secondary N) is 1. The van der Waals surface area contributed by atoms with Crippen molar-refractivity contribution in [2.75, 3.05) is 26.6 Å². The van der Waals surface area contributed by atoms with Crippen molar-refractivity contribution in [3.8, 4) is 23.0 Å². The lowest BCUT2D eigenvalue weighted by atomic mass is 10.1. The van der Waals surface area contributed by atoms with E-state index in [0.717, 1.165) is 10.8 Å². The minimum Gasteiger partial charge on any atom is -0.508 e. The van der Waals surface area contributed by atoms with Crippen LogP contribution in [0.15, 0.2) is 48.5 Å².